The smallest absolute Gasteiger partial charge is 0.411 e. The second-order valence-electron chi connectivity index (χ2n) is 13.2. The average molecular weight is 650 g/mol. The predicted molar refractivity (Wildman–Crippen MR) is 197 cm³/mol. The number of nitrogens with zero attached hydrogens (tertiary/aromatic N) is 1. The summed E-state index contributed by atoms with van der Waals surface area (Å²) in [5, 5.41) is 2.34. The van der Waals surface area contributed by atoms with Gasteiger partial charge in [-0.15, -0.1) is 6.42 Å². The molecule has 0 atom stereocenters. The van der Waals surface area contributed by atoms with E-state index >= 15 is 0 Å². The van der Waals surface area contributed by atoms with E-state index in [1.807, 2.05) is 24.3 Å². The maximum Gasteiger partial charge on any atom is 0.411 e. The van der Waals surface area contributed by atoms with Crippen molar-refractivity contribution in [2.75, 3.05) is 18.9 Å². The van der Waals surface area contributed by atoms with Crippen LogP contribution in [0.1, 0.15) is 54.5 Å². The van der Waals surface area contributed by atoms with Crippen LogP contribution >= 0.6 is 0 Å². The van der Waals surface area contributed by atoms with Gasteiger partial charge in [0.25, 0.3) is 9.04 Å². The molecular formula is C42H41N2O3Si. The number of ether oxygens (including phenoxy) is 1. The minimum atomic E-state index is -1.58. The number of benzene rings is 5. The third kappa shape index (κ3) is 7.23. The molecule has 2 N–H and O–H groups in total. The molecule has 48 heavy (non-hydrogen) atoms. The fraction of sp³-hybridized carbons (Fsp3) is 0.214. The second-order valence-corrected chi connectivity index (χ2v) is 15.3. The van der Waals surface area contributed by atoms with E-state index in [2.05, 4.69) is 124 Å². The molecule has 6 rings (SSSR count). The van der Waals surface area contributed by atoms with Crippen LogP contribution in [0.3, 0.4) is 0 Å². The fourth-order valence-corrected chi connectivity index (χ4v) is 8.34. The van der Waals surface area contributed by atoms with Crippen molar-refractivity contribution in [3.05, 3.63) is 149 Å². The van der Waals surface area contributed by atoms with Crippen LogP contribution in [0.5, 0.6) is 0 Å². The van der Waals surface area contributed by atoms with Crippen LogP contribution in [-0.4, -0.2) is 33.2 Å². The zero-order valence-corrected chi connectivity index (χ0v) is 28.8. The Bertz CT molecular complexity index is 1880. The Hall–Kier alpha value is -5.09. The molecule has 1 radical (unpaired) electrons. The van der Waals surface area contributed by atoms with Gasteiger partial charge in [0.1, 0.15) is 0 Å². The van der Waals surface area contributed by atoms with Crippen molar-refractivity contribution in [1.29, 1.82) is 0 Å². The Morgan fingerprint density at radius 3 is 2.04 bits per heavy atom. The van der Waals surface area contributed by atoms with Crippen LogP contribution in [0.4, 0.5) is 10.5 Å². The van der Waals surface area contributed by atoms with E-state index in [0.717, 1.165) is 11.1 Å². The molecule has 0 bridgehead atoms. The van der Waals surface area contributed by atoms with Crippen molar-refractivity contribution < 1.29 is 14.0 Å². The van der Waals surface area contributed by atoms with Crippen molar-refractivity contribution in [3.8, 4) is 23.5 Å². The molecule has 5 aromatic rings. The molecule has 1 aliphatic rings. The van der Waals surface area contributed by atoms with E-state index in [9.17, 15) is 4.79 Å². The first-order chi connectivity index (χ1) is 23.2. The number of carbonyl (C=O) groups excluding carboxylic acids is 1. The minimum Gasteiger partial charge on any atom is -0.436 e. The molecule has 5 aromatic carbocycles. The first-order valence-electron chi connectivity index (χ1n) is 16.3. The highest BCUT2D eigenvalue weighted by Crippen LogP contribution is 2.45. The molecule has 241 valence electrons. The quantitative estimate of drug-likeness (QED) is 0.0982. The number of nitrogens with two attached hydrogens (primary N) is 1. The van der Waals surface area contributed by atoms with Crippen LogP contribution in [-0.2, 0) is 27.7 Å². The molecule has 0 heterocycles. The number of rotatable bonds is 10. The third-order valence-corrected chi connectivity index (χ3v) is 11.1. The van der Waals surface area contributed by atoms with E-state index in [0.29, 0.717) is 25.4 Å². The molecule has 0 saturated carbocycles. The summed E-state index contributed by atoms with van der Waals surface area (Å²) < 4.78 is 12.4. The Morgan fingerprint density at radius 1 is 0.812 bits per heavy atom. The molecule has 0 aromatic heterocycles. The van der Waals surface area contributed by atoms with Crippen LogP contribution in [0.2, 0.25) is 0 Å². The molecule has 5 nitrogen and oxygen atoms in total. The largest absolute Gasteiger partial charge is 0.436 e. The number of terminal acetylenes is 1. The molecule has 1 aliphatic carbocycles. The SMILES string of the molecule is C#CCOC(=O)N(Cc1cc(N)ccc1CO[Si](c1ccccc1)c1ccc(C(C)(C)C)cc1)CC1c2ccccc2-c2ccccc21. The van der Waals surface area contributed by atoms with Crippen LogP contribution in [0.25, 0.3) is 11.1 Å². The molecule has 0 saturated heterocycles. The summed E-state index contributed by atoms with van der Waals surface area (Å²) in [7, 11) is -1.58. The first kappa shape index (κ1) is 32.8. The minimum absolute atomic E-state index is 0.0134. The monoisotopic (exact) mass is 649 g/mol. The van der Waals surface area contributed by atoms with E-state index in [-0.39, 0.29) is 17.9 Å². The summed E-state index contributed by atoms with van der Waals surface area (Å²) in [6.07, 6.45) is 5.02. The molecule has 6 heteroatoms. The number of amides is 1. The fourth-order valence-electron chi connectivity index (χ4n) is 6.41. The first-order valence-corrected chi connectivity index (χ1v) is 17.7. The average Bonchev–Trinajstić information content (AvgIpc) is 3.41. The zero-order valence-electron chi connectivity index (χ0n) is 27.8. The number of hydrogen-bond acceptors (Lipinski definition) is 4. The van der Waals surface area contributed by atoms with E-state index < -0.39 is 15.1 Å². The molecule has 0 aliphatic heterocycles. The van der Waals surface area contributed by atoms with Gasteiger partial charge in [-0.1, -0.05) is 136 Å². The maximum absolute atomic E-state index is 13.6. The Labute approximate surface area is 286 Å². The topological polar surface area (TPSA) is 64.8 Å². The number of anilines is 1. The van der Waals surface area contributed by atoms with Crippen LogP contribution in [0, 0.1) is 12.3 Å². The van der Waals surface area contributed by atoms with Crippen molar-refractivity contribution in [1.82, 2.24) is 4.90 Å². The Morgan fingerprint density at radius 2 is 1.42 bits per heavy atom. The lowest BCUT2D eigenvalue weighted by atomic mass is 9.87. The lowest BCUT2D eigenvalue weighted by Gasteiger charge is -2.27. The summed E-state index contributed by atoms with van der Waals surface area (Å²) in [5.74, 6) is 2.42. The number of hydrogen-bond donors (Lipinski definition) is 1. The molecule has 1 amide bonds. The maximum atomic E-state index is 13.6. The van der Waals surface area contributed by atoms with Gasteiger partial charge < -0.3 is 19.8 Å². The van der Waals surface area contributed by atoms with Gasteiger partial charge in [-0.2, -0.15) is 0 Å². The zero-order chi connectivity index (χ0) is 33.7. The molecule has 0 fully saturated rings. The molecule has 0 spiro atoms. The van der Waals surface area contributed by atoms with Gasteiger partial charge in [0, 0.05) is 24.7 Å². The van der Waals surface area contributed by atoms with Gasteiger partial charge >= 0.3 is 6.09 Å². The van der Waals surface area contributed by atoms with Crippen molar-refractivity contribution in [2.24, 2.45) is 0 Å². The lowest BCUT2D eigenvalue weighted by molar-refractivity contribution is 0.110. The summed E-state index contributed by atoms with van der Waals surface area (Å²) in [6, 6.07) is 41.8. The standard InChI is InChI=1S/C42H41N2O3Si/c1-5-25-46-41(45)44(28-40-38-17-11-9-15-36(38)37-16-10-12-18-39(37)40)27-31-26-33(43)22-19-30(31)29-47-48(34-13-7-6-8-14-34)35-23-20-32(21-24-35)42(2,3)4/h1,6-24,26,40H,25,27-29,43H2,2-4H3. The highest BCUT2D eigenvalue weighted by Gasteiger charge is 2.32. The highest BCUT2D eigenvalue weighted by molar-refractivity contribution is 6.80. The summed E-state index contributed by atoms with van der Waals surface area (Å²) in [5.41, 5.74) is 15.0. The Balaban J connectivity index is 1.30. The highest BCUT2D eigenvalue weighted by atomic mass is 28.3. The van der Waals surface area contributed by atoms with Gasteiger partial charge in [-0.3, -0.25) is 0 Å². The predicted octanol–water partition coefficient (Wildman–Crippen LogP) is 7.27. The third-order valence-electron chi connectivity index (χ3n) is 8.92. The summed E-state index contributed by atoms with van der Waals surface area (Å²) >= 11 is 0. The van der Waals surface area contributed by atoms with Gasteiger partial charge in [0.15, 0.2) is 6.61 Å². The van der Waals surface area contributed by atoms with Crippen molar-refractivity contribution in [3.63, 3.8) is 0 Å². The molecular weight excluding hydrogens is 609 g/mol. The number of nitrogen functional groups attached to an aromatic ring is 1. The Kier molecular flexibility index (Phi) is 9.82. The van der Waals surface area contributed by atoms with Crippen LogP contribution < -0.4 is 16.1 Å². The van der Waals surface area contributed by atoms with E-state index in [1.54, 1.807) is 4.90 Å². The number of fused-ring (bicyclic) bond motifs is 3. The molecule has 0 unspecified atom stereocenters. The van der Waals surface area contributed by atoms with Crippen LogP contribution in [0.15, 0.2) is 121 Å². The summed E-state index contributed by atoms with van der Waals surface area (Å²) in [6.45, 7) is 7.65. The summed E-state index contributed by atoms with van der Waals surface area (Å²) in [4.78, 5) is 15.3. The van der Waals surface area contributed by atoms with Gasteiger partial charge in [0.2, 0.25) is 0 Å². The van der Waals surface area contributed by atoms with E-state index in [1.165, 1.54) is 38.2 Å². The normalized spacial score (nSPS) is 12.3. The van der Waals surface area contributed by atoms with Gasteiger partial charge in [0.05, 0.1) is 6.61 Å². The number of carbonyl (C=O) groups is 1. The van der Waals surface area contributed by atoms with Gasteiger partial charge in [-0.25, -0.2) is 4.79 Å². The van der Waals surface area contributed by atoms with Crippen molar-refractivity contribution in [2.45, 2.75) is 45.3 Å². The van der Waals surface area contributed by atoms with E-state index in [4.69, 9.17) is 21.3 Å². The van der Waals surface area contributed by atoms with Gasteiger partial charge in [-0.05, 0) is 66.9 Å². The van der Waals surface area contributed by atoms with Crippen molar-refractivity contribution >= 4 is 31.2 Å². The lowest BCUT2D eigenvalue weighted by Crippen LogP contribution is -2.45. The second kappa shape index (κ2) is 14.3.